The molecule has 16 heteroatoms. The van der Waals surface area contributed by atoms with E-state index in [2.05, 4.69) is 26.2 Å². The normalized spacial score (nSPS) is 20.2. The number of imide groups is 1. The minimum absolute atomic E-state index is 0.0211. The second-order valence-corrected chi connectivity index (χ2v) is 18.0. The molecule has 7 heterocycles. The molecule has 328 valence electrons. The number of halogens is 1. The lowest BCUT2D eigenvalue weighted by molar-refractivity contribution is -0.149. The number of rotatable bonds is 8. The van der Waals surface area contributed by atoms with E-state index in [0.717, 1.165) is 61.5 Å². The lowest BCUT2D eigenvalue weighted by Crippen LogP contribution is -2.60. The average molecular weight is 859 g/mol. The van der Waals surface area contributed by atoms with Crippen molar-refractivity contribution in [3.05, 3.63) is 82.2 Å². The fourth-order valence-electron chi connectivity index (χ4n) is 10.3. The predicted octanol–water partition coefficient (Wildman–Crippen LogP) is 4.68. The number of piperidine rings is 2. The van der Waals surface area contributed by atoms with Crippen molar-refractivity contribution < 1.29 is 33.0 Å². The number of H-pyrrole nitrogens is 1. The number of carbonyl (C=O) groups is 4. The molecule has 0 aliphatic carbocycles. The topological polar surface area (TPSA) is 154 Å². The molecule has 5 aliphatic rings. The first kappa shape index (κ1) is 40.6. The summed E-state index contributed by atoms with van der Waals surface area (Å²) in [5, 5.41) is 2.95. The number of fused-ring (bicyclic) bond motifs is 2. The van der Waals surface area contributed by atoms with Gasteiger partial charge in [0.2, 0.25) is 17.7 Å². The van der Waals surface area contributed by atoms with Crippen LogP contribution in [0.3, 0.4) is 0 Å². The Morgan fingerprint density at radius 3 is 2.43 bits per heavy atom. The van der Waals surface area contributed by atoms with E-state index in [1.807, 2.05) is 42.5 Å². The Labute approximate surface area is 363 Å². The van der Waals surface area contributed by atoms with Gasteiger partial charge in [-0.15, -0.1) is 0 Å². The molecule has 2 aromatic heterocycles. The summed E-state index contributed by atoms with van der Waals surface area (Å²) in [6.45, 7) is 5.01. The highest BCUT2D eigenvalue weighted by Crippen LogP contribution is 2.47. The molecule has 0 saturated carbocycles. The minimum Gasteiger partial charge on any atom is -0.496 e. The number of hydrogen-bond donors (Lipinski definition) is 2. The maximum atomic E-state index is 16.7. The van der Waals surface area contributed by atoms with Crippen LogP contribution in [0.15, 0.2) is 59.4 Å². The Balaban J connectivity index is 0.897. The molecule has 0 radical (unpaired) electrons. The maximum Gasteiger partial charge on any atom is 0.329 e. The van der Waals surface area contributed by atoms with Crippen molar-refractivity contribution in [3.63, 3.8) is 0 Å². The number of nitrogens with one attached hydrogen (secondary N) is 2. The van der Waals surface area contributed by atoms with E-state index in [9.17, 15) is 24.0 Å². The zero-order chi connectivity index (χ0) is 43.9. The second kappa shape index (κ2) is 15.4. The van der Waals surface area contributed by atoms with Gasteiger partial charge in [-0.1, -0.05) is 12.1 Å². The number of aryl methyl sites for hydroxylation is 1. The first-order chi connectivity index (χ1) is 30.3. The molecule has 5 aromatic rings. The molecular weight excluding hydrogens is 808 g/mol. The predicted molar refractivity (Wildman–Crippen MR) is 236 cm³/mol. The molecule has 10 rings (SSSR count). The quantitative estimate of drug-likeness (QED) is 0.212. The third kappa shape index (κ3) is 6.76. The summed E-state index contributed by atoms with van der Waals surface area (Å²) in [7, 11) is 6.68. The largest absolute Gasteiger partial charge is 0.496 e. The average Bonchev–Trinajstić information content (AvgIpc) is 3.81. The van der Waals surface area contributed by atoms with Gasteiger partial charge in [-0.3, -0.25) is 33.6 Å². The van der Waals surface area contributed by atoms with Crippen LogP contribution >= 0.6 is 0 Å². The third-order valence-electron chi connectivity index (χ3n) is 13.9. The summed E-state index contributed by atoms with van der Waals surface area (Å²) in [5.74, 6) is -1.05. The summed E-state index contributed by atoms with van der Waals surface area (Å²) in [6, 6.07) is 14.7. The number of hydrogen-bond acceptors (Lipinski definition) is 9. The van der Waals surface area contributed by atoms with Gasteiger partial charge in [0.15, 0.2) is 5.82 Å². The van der Waals surface area contributed by atoms with Crippen LogP contribution in [0.2, 0.25) is 0 Å². The Morgan fingerprint density at radius 2 is 1.73 bits per heavy atom. The molecule has 4 amide bonds. The van der Waals surface area contributed by atoms with Crippen molar-refractivity contribution in [1.82, 2.24) is 29.2 Å². The molecule has 1 atom stereocenters. The summed E-state index contributed by atoms with van der Waals surface area (Å²) in [4.78, 5) is 75.6. The van der Waals surface area contributed by atoms with Crippen molar-refractivity contribution in [2.75, 3.05) is 83.5 Å². The molecule has 15 nitrogen and oxygen atoms in total. The van der Waals surface area contributed by atoms with E-state index in [1.165, 1.54) is 9.47 Å². The van der Waals surface area contributed by atoms with E-state index in [-0.39, 0.29) is 65.3 Å². The molecule has 63 heavy (non-hydrogen) atoms. The fourth-order valence-corrected chi connectivity index (χ4v) is 10.3. The van der Waals surface area contributed by atoms with Gasteiger partial charge in [-0.05, 0) is 73.2 Å². The van der Waals surface area contributed by atoms with Crippen molar-refractivity contribution in [2.45, 2.75) is 38.1 Å². The first-order valence-corrected chi connectivity index (χ1v) is 21.7. The number of para-hydroxylation sites is 1. The van der Waals surface area contributed by atoms with Gasteiger partial charge in [0.05, 0.1) is 48.5 Å². The number of aromatic amines is 1. The lowest BCUT2D eigenvalue weighted by Gasteiger charge is -2.55. The van der Waals surface area contributed by atoms with Gasteiger partial charge in [-0.25, -0.2) is 9.18 Å². The van der Waals surface area contributed by atoms with Crippen molar-refractivity contribution in [1.29, 1.82) is 0 Å². The molecule has 4 fully saturated rings. The van der Waals surface area contributed by atoms with Crippen molar-refractivity contribution in [3.8, 4) is 16.9 Å². The highest BCUT2D eigenvalue weighted by molar-refractivity contribution is 6.05. The van der Waals surface area contributed by atoms with Gasteiger partial charge in [0.25, 0.3) is 5.91 Å². The first-order valence-electron chi connectivity index (χ1n) is 21.7. The summed E-state index contributed by atoms with van der Waals surface area (Å²) >= 11 is 0. The molecule has 1 unspecified atom stereocenters. The summed E-state index contributed by atoms with van der Waals surface area (Å²) in [5.41, 5.74) is 6.31. The van der Waals surface area contributed by atoms with Crippen LogP contribution in [0.25, 0.3) is 38.6 Å². The molecule has 0 bridgehead atoms. The SMILES string of the molecule is COc1cc(N2CCC3(CC2)CN(c2cccc4c2n(C)c(=O)n4C2CCC(=O)NC2=O)C3)ccc1-c1cc(C2=CCCN(C(=O)C3COC3)C2)c(F)c2[nH]c(C(=O)N(C)C)cc12. The molecule has 1 spiro atoms. The van der Waals surface area contributed by atoms with Crippen LogP contribution in [0.1, 0.15) is 54.2 Å². The van der Waals surface area contributed by atoms with Crippen molar-refractivity contribution in [2.24, 2.45) is 18.4 Å². The number of imidazole rings is 1. The summed E-state index contributed by atoms with van der Waals surface area (Å²) in [6.07, 6.45) is 5.01. The van der Waals surface area contributed by atoms with Crippen LogP contribution < -0.4 is 25.5 Å². The highest BCUT2D eigenvalue weighted by atomic mass is 19.1. The van der Waals surface area contributed by atoms with Crippen LogP contribution in [0, 0.1) is 17.2 Å². The zero-order valence-electron chi connectivity index (χ0n) is 36.0. The third-order valence-corrected chi connectivity index (χ3v) is 13.9. The Kier molecular flexibility index (Phi) is 9.96. The standard InChI is InChI=1S/C47H51FN8O7/c1-51(2)45(60)34-21-33-32(20-31(40(48)41(33)49-34)27-7-6-16-54(22-27)44(59)28-23-63-24-28)30-11-10-29(19-38(30)62-4)53-17-14-47(15-18-53)25-55(26-47)35-8-5-9-36-42(35)52(3)46(61)56(36)37-12-13-39(57)50-43(37)58/h5,7-11,19-21,28,37,49H,6,12-18,22-26H2,1-4H3,(H,50,57,58). The van der Waals surface area contributed by atoms with Crippen LogP contribution in [-0.2, 0) is 26.2 Å². The molecule has 2 N–H and O–H groups in total. The van der Waals surface area contributed by atoms with E-state index in [1.54, 1.807) is 43.8 Å². The number of aromatic nitrogens is 3. The second-order valence-electron chi connectivity index (χ2n) is 18.0. The Bertz CT molecular complexity index is 2820. The number of benzene rings is 3. The van der Waals surface area contributed by atoms with Crippen LogP contribution in [-0.4, -0.2) is 121 Å². The Hall–Kier alpha value is -6.42. The van der Waals surface area contributed by atoms with Gasteiger partial charge >= 0.3 is 5.69 Å². The number of anilines is 2. The number of carbonyl (C=O) groups excluding carboxylic acids is 4. The van der Waals surface area contributed by atoms with Crippen molar-refractivity contribution >= 4 is 62.5 Å². The Morgan fingerprint density at radius 1 is 0.952 bits per heavy atom. The highest BCUT2D eigenvalue weighted by Gasteiger charge is 2.46. The summed E-state index contributed by atoms with van der Waals surface area (Å²) < 4.78 is 31.2. The number of ether oxygens (including phenoxy) is 2. The maximum absolute atomic E-state index is 16.7. The van der Waals surface area contributed by atoms with Crippen LogP contribution in [0.4, 0.5) is 15.8 Å². The lowest BCUT2D eigenvalue weighted by atomic mass is 9.71. The van der Waals surface area contributed by atoms with Gasteiger partial charge in [0.1, 0.15) is 17.5 Å². The number of methoxy groups -OCH3 is 1. The molecule has 4 saturated heterocycles. The van der Waals surface area contributed by atoms with Gasteiger partial charge < -0.3 is 34.1 Å². The van der Waals surface area contributed by atoms with E-state index in [0.29, 0.717) is 59.5 Å². The molecule has 5 aliphatic heterocycles. The van der Waals surface area contributed by atoms with E-state index < -0.39 is 17.8 Å². The number of amides is 4. The molecule has 3 aromatic carbocycles. The van der Waals surface area contributed by atoms with Crippen LogP contribution in [0.5, 0.6) is 5.75 Å². The van der Waals surface area contributed by atoms with E-state index >= 15 is 4.39 Å². The monoisotopic (exact) mass is 858 g/mol. The van der Waals surface area contributed by atoms with E-state index in [4.69, 9.17) is 9.47 Å². The molecular formula is C47H51FN8O7. The fraction of sp³-hybridized carbons (Fsp3) is 0.426. The minimum atomic E-state index is -0.736. The smallest absolute Gasteiger partial charge is 0.329 e. The number of nitrogens with zero attached hydrogens (tertiary/aromatic N) is 6. The zero-order valence-corrected chi connectivity index (χ0v) is 36.0. The van der Waals surface area contributed by atoms with Gasteiger partial charge in [-0.2, -0.15) is 0 Å². The van der Waals surface area contributed by atoms with Gasteiger partial charge in [0, 0.05) is 101 Å².